The average Bonchev–Trinajstić information content (AvgIpc) is 2.47. The zero-order valence-corrected chi connectivity index (χ0v) is 11.2. The number of anilines is 1. The predicted octanol–water partition coefficient (Wildman–Crippen LogP) is 1.93. The molecular formula is C15H14N4O. The molecule has 1 amide bonds. The number of hydrogen-bond acceptors (Lipinski definition) is 4. The summed E-state index contributed by atoms with van der Waals surface area (Å²) in [5, 5.41) is 20.3. The molecule has 20 heavy (non-hydrogen) atoms. The third-order valence-electron chi connectivity index (χ3n) is 3.29. The van der Waals surface area contributed by atoms with Gasteiger partial charge in [0.2, 0.25) is 5.91 Å². The molecule has 0 aliphatic carbocycles. The topological polar surface area (TPSA) is 79.9 Å². The Morgan fingerprint density at radius 1 is 1.35 bits per heavy atom. The van der Waals surface area contributed by atoms with Gasteiger partial charge in [0.25, 0.3) is 0 Å². The molecule has 0 aromatic heterocycles. The summed E-state index contributed by atoms with van der Waals surface area (Å²) in [6.45, 7) is 2.93. The smallest absolute Gasteiger partial charge is 0.219 e. The molecule has 0 saturated heterocycles. The maximum absolute atomic E-state index is 11.4. The van der Waals surface area contributed by atoms with E-state index in [1.807, 2.05) is 18.2 Å². The van der Waals surface area contributed by atoms with Crippen molar-refractivity contribution < 1.29 is 4.79 Å². The van der Waals surface area contributed by atoms with Crippen LogP contribution in [-0.4, -0.2) is 17.4 Å². The Morgan fingerprint density at radius 3 is 2.75 bits per heavy atom. The minimum atomic E-state index is 0.0214. The van der Waals surface area contributed by atoms with Gasteiger partial charge < -0.3 is 10.2 Å². The average molecular weight is 266 g/mol. The van der Waals surface area contributed by atoms with Crippen molar-refractivity contribution in [2.24, 2.45) is 0 Å². The molecule has 100 valence electrons. The second-order valence-electron chi connectivity index (χ2n) is 4.60. The highest BCUT2D eigenvalue weighted by Crippen LogP contribution is 2.22. The van der Waals surface area contributed by atoms with Crippen LogP contribution >= 0.6 is 0 Å². The fourth-order valence-corrected chi connectivity index (χ4v) is 2.16. The molecule has 1 aliphatic rings. The summed E-state index contributed by atoms with van der Waals surface area (Å²) in [7, 11) is 0. The summed E-state index contributed by atoms with van der Waals surface area (Å²) < 4.78 is 0. The van der Waals surface area contributed by atoms with Gasteiger partial charge in [-0.3, -0.25) is 4.79 Å². The molecule has 1 N–H and O–H groups in total. The second-order valence-corrected chi connectivity index (χ2v) is 4.60. The van der Waals surface area contributed by atoms with Gasteiger partial charge in [0.05, 0.1) is 0 Å². The van der Waals surface area contributed by atoms with Crippen LogP contribution in [0.15, 0.2) is 30.0 Å². The first-order chi connectivity index (χ1) is 9.63. The summed E-state index contributed by atoms with van der Waals surface area (Å²) in [6, 6.07) is 9.46. The molecule has 0 fully saturated rings. The second kappa shape index (κ2) is 5.90. The fourth-order valence-electron chi connectivity index (χ4n) is 2.16. The van der Waals surface area contributed by atoms with Crippen LogP contribution < -0.4 is 5.32 Å². The largest absolute Gasteiger partial charge is 0.360 e. The highest BCUT2D eigenvalue weighted by atomic mass is 16.2. The first-order valence-electron chi connectivity index (χ1n) is 6.28. The number of allylic oxidation sites excluding steroid dienone is 1. The molecule has 1 aliphatic heterocycles. The lowest BCUT2D eigenvalue weighted by Crippen LogP contribution is -2.34. The van der Waals surface area contributed by atoms with E-state index in [0.717, 1.165) is 24.2 Å². The SMILES string of the molecule is CC(=O)N1CCc2ccc(NC=C(C#N)C#N)cc2C1. The molecule has 0 spiro atoms. The molecular weight excluding hydrogens is 252 g/mol. The molecule has 1 aromatic carbocycles. The number of amides is 1. The van der Waals surface area contributed by atoms with Gasteiger partial charge in [-0.1, -0.05) is 6.07 Å². The van der Waals surface area contributed by atoms with Crippen LogP contribution in [0.2, 0.25) is 0 Å². The predicted molar refractivity (Wildman–Crippen MR) is 74.2 cm³/mol. The van der Waals surface area contributed by atoms with Gasteiger partial charge in [-0.25, -0.2) is 0 Å². The monoisotopic (exact) mass is 266 g/mol. The van der Waals surface area contributed by atoms with Crippen LogP contribution in [-0.2, 0) is 17.8 Å². The van der Waals surface area contributed by atoms with Crippen molar-refractivity contribution in [3.05, 3.63) is 41.1 Å². The fraction of sp³-hybridized carbons (Fsp3) is 0.267. The number of carbonyl (C=O) groups excluding carboxylic acids is 1. The van der Waals surface area contributed by atoms with Crippen LogP contribution in [0.3, 0.4) is 0 Å². The Labute approximate surface area is 117 Å². The molecule has 0 atom stereocenters. The van der Waals surface area contributed by atoms with Crippen molar-refractivity contribution >= 4 is 11.6 Å². The standard InChI is InChI=1S/C15H14N4O/c1-11(20)19-5-4-13-2-3-15(6-14(13)10-19)18-9-12(7-16)8-17/h2-3,6,9,18H,4-5,10H2,1H3. The Morgan fingerprint density at radius 2 is 2.10 bits per heavy atom. The zero-order chi connectivity index (χ0) is 14.5. The minimum absolute atomic E-state index is 0.0214. The summed E-state index contributed by atoms with van der Waals surface area (Å²) in [5.74, 6) is 0.0742. The zero-order valence-electron chi connectivity index (χ0n) is 11.2. The first kappa shape index (κ1) is 13.6. The Kier molecular flexibility index (Phi) is 4.02. The van der Waals surface area contributed by atoms with E-state index in [-0.39, 0.29) is 11.5 Å². The molecule has 0 radical (unpaired) electrons. The Bertz CT molecular complexity index is 633. The Hall–Kier alpha value is -2.79. The summed E-state index contributed by atoms with van der Waals surface area (Å²) in [6.07, 6.45) is 2.24. The minimum Gasteiger partial charge on any atom is -0.360 e. The lowest BCUT2D eigenvalue weighted by atomic mass is 9.99. The molecule has 1 aromatic rings. The van der Waals surface area contributed by atoms with E-state index in [2.05, 4.69) is 5.32 Å². The maximum atomic E-state index is 11.4. The van der Waals surface area contributed by atoms with E-state index in [0.29, 0.717) is 6.54 Å². The van der Waals surface area contributed by atoms with Crippen molar-refractivity contribution in [2.75, 3.05) is 11.9 Å². The Balaban J connectivity index is 2.18. The molecule has 0 saturated carbocycles. The summed E-state index contributed by atoms with van der Waals surface area (Å²) >= 11 is 0. The molecule has 0 unspecified atom stereocenters. The number of nitrogens with one attached hydrogen (secondary N) is 1. The van der Waals surface area contributed by atoms with Gasteiger partial charge in [0.1, 0.15) is 17.7 Å². The number of benzene rings is 1. The van der Waals surface area contributed by atoms with Gasteiger partial charge >= 0.3 is 0 Å². The lowest BCUT2D eigenvalue weighted by Gasteiger charge is -2.28. The molecule has 2 rings (SSSR count). The van der Waals surface area contributed by atoms with Gasteiger partial charge in [-0.05, 0) is 29.7 Å². The number of nitriles is 2. The van der Waals surface area contributed by atoms with Gasteiger partial charge in [-0.2, -0.15) is 10.5 Å². The maximum Gasteiger partial charge on any atom is 0.219 e. The molecule has 5 heteroatoms. The highest BCUT2D eigenvalue weighted by Gasteiger charge is 2.17. The van der Waals surface area contributed by atoms with Crippen LogP contribution in [0.4, 0.5) is 5.69 Å². The van der Waals surface area contributed by atoms with Gasteiger partial charge in [-0.15, -0.1) is 0 Å². The van der Waals surface area contributed by atoms with E-state index in [1.54, 1.807) is 24.0 Å². The molecule has 5 nitrogen and oxygen atoms in total. The van der Waals surface area contributed by atoms with Crippen molar-refractivity contribution in [2.45, 2.75) is 19.9 Å². The lowest BCUT2D eigenvalue weighted by molar-refractivity contribution is -0.129. The summed E-state index contributed by atoms with van der Waals surface area (Å²) in [5.41, 5.74) is 3.16. The van der Waals surface area contributed by atoms with Crippen molar-refractivity contribution in [3.63, 3.8) is 0 Å². The van der Waals surface area contributed by atoms with E-state index < -0.39 is 0 Å². The van der Waals surface area contributed by atoms with E-state index in [9.17, 15) is 4.79 Å². The van der Waals surface area contributed by atoms with Crippen molar-refractivity contribution in [1.29, 1.82) is 10.5 Å². The van der Waals surface area contributed by atoms with E-state index in [1.165, 1.54) is 11.8 Å². The third kappa shape index (κ3) is 2.96. The van der Waals surface area contributed by atoms with Crippen LogP contribution in [0.1, 0.15) is 18.1 Å². The first-order valence-corrected chi connectivity index (χ1v) is 6.28. The number of nitrogens with zero attached hydrogens (tertiary/aromatic N) is 3. The van der Waals surface area contributed by atoms with E-state index in [4.69, 9.17) is 10.5 Å². The highest BCUT2D eigenvalue weighted by molar-refractivity contribution is 5.73. The van der Waals surface area contributed by atoms with Crippen molar-refractivity contribution in [3.8, 4) is 12.1 Å². The molecule has 0 bridgehead atoms. The normalized spacial score (nSPS) is 12.7. The number of carbonyl (C=O) groups is 1. The number of fused-ring (bicyclic) bond motifs is 1. The van der Waals surface area contributed by atoms with Crippen LogP contribution in [0, 0.1) is 22.7 Å². The number of rotatable bonds is 2. The van der Waals surface area contributed by atoms with Crippen molar-refractivity contribution in [1.82, 2.24) is 4.90 Å². The van der Waals surface area contributed by atoms with Gasteiger partial charge in [0, 0.05) is 31.9 Å². The van der Waals surface area contributed by atoms with E-state index >= 15 is 0 Å². The van der Waals surface area contributed by atoms with Crippen LogP contribution in [0.25, 0.3) is 0 Å². The van der Waals surface area contributed by atoms with Gasteiger partial charge in [0.15, 0.2) is 0 Å². The van der Waals surface area contributed by atoms with Crippen LogP contribution in [0.5, 0.6) is 0 Å². The third-order valence-corrected chi connectivity index (χ3v) is 3.29. The quantitative estimate of drug-likeness (QED) is 0.829. The molecule has 1 heterocycles. The number of hydrogen-bond donors (Lipinski definition) is 1. The summed E-state index contributed by atoms with van der Waals surface area (Å²) in [4.78, 5) is 13.2.